The van der Waals surface area contributed by atoms with Gasteiger partial charge in [0.2, 0.25) is 0 Å². The zero-order valence-corrected chi connectivity index (χ0v) is 12.9. The van der Waals surface area contributed by atoms with Crippen LogP contribution in [-0.2, 0) is 4.74 Å². The first kappa shape index (κ1) is 17.7. The first-order chi connectivity index (χ1) is 9.66. The SMILES string of the molecule is Cc1ccc([N+](=O)[O-])c(OCCCN2CCOCC2)c1.Cl. The number of nitro benzene ring substituents is 1. The van der Waals surface area contributed by atoms with Gasteiger partial charge in [-0.15, -0.1) is 12.4 Å². The Balaban J connectivity index is 0.00000220. The lowest BCUT2D eigenvalue weighted by molar-refractivity contribution is -0.385. The van der Waals surface area contributed by atoms with E-state index in [4.69, 9.17) is 9.47 Å². The fraction of sp³-hybridized carbons (Fsp3) is 0.571. The maximum absolute atomic E-state index is 10.9. The molecule has 0 amide bonds. The molecule has 1 aliphatic rings. The van der Waals surface area contributed by atoms with Crippen LogP contribution in [0.5, 0.6) is 5.75 Å². The van der Waals surface area contributed by atoms with Gasteiger partial charge in [-0.2, -0.15) is 0 Å². The largest absolute Gasteiger partial charge is 0.487 e. The van der Waals surface area contributed by atoms with Crippen molar-refractivity contribution in [3.05, 3.63) is 33.9 Å². The van der Waals surface area contributed by atoms with E-state index in [2.05, 4.69) is 4.90 Å². The van der Waals surface area contributed by atoms with Crippen molar-refractivity contribution in [2.75, 3.05) is 39.5 Å². The van der Waals surface area contributed by atoms with E-state index in [1.54, 1.807) is 12.1 Å². The maximum atomic E-state index is 10.9. The Morgan fingerprint density at radius 2 is 2.10 bits per heavy atom. The molecule has 0 aromatic heterocycles. The molecule has 0 atom stereocenters. The molecular weight excluding hydrogens is 296 g/mol. The van der Waals surface area contributed by atoms with Crippen LogP contribution in [0.1, 0.15) is 12.0 Å². The molecule has 1 aromatic carbocycles. The van der Waals surface area contributed by atoms with E-state index in [1.165, 1.54) is 6.07 Å². The second-order valence-corrected chi connectivity index (χ2v) is 4.88. The third kappa shape index (κ3) is 5.49. The van der Waals surface area contributed by atoms with Gasteiger partial charge in [-0.3, -0.25) is 15.0 Å². The van der Waals surface area contributed by atoms with Crippen LogP contribution in [0, 0.1) is 17.0 Å². The number of halogens is 1. The highest BCUT2D eigenvalue weighted by atomic mass is 35.5. The van der Waals surface area contributed by atoms with Crippen molar-refractivity contribution in [2.45, 2.75) is 13.3 Å². The minimum Gasteiger partial charge on any atom is -0.487 e. The van der Waals surface area contributed by atoms with Crippen LogP contribution < -0.4 is 4.74 Å². The second kappa shape index (κ2) is 8.81. The maximum Gasteiger partial charge on any atom is 0.310 e. The summed E-state index contributed by atoms with van der Waals surface area (Å²) in [5.41, 5.74) is 0.987. The smallest absolute Gasteiger partial charge is 0.310 e. The van der Waals surface area contributed by atoms with Gasteiger partial charge in [0.1, 0.15) is 0 Å². The van der Waals surface area contributed by atoms with E-state index in [0.717, 1.165) is 44.8 Å². The molecule has 1 fully saturated rings. The predicted octanol–water partition coefficient (Wildman–Crippen LogP) is 2.43. The Morgan fingerprint density at radius 1 is 1.38 bits per heavy atom. The number of aryl methyl sites for hydroxylation is 1. The quantitative estimate of drug-likeness (QED) is 0.458. The lowest BCUT2D eigenvalue weighted by Crippen LogP contribution is -2.37. The Kier molecular flexibility index (Phi) is 7.42. The van der Waals surface area contributed by atoms with Crippen molar-refractivity contribution >= 4 is 18.1 Å². The number of hydrogen-bond acceptors (Lipinski definition) is 5. The standard InChI is InChI=1S/C14H20N2O4.ClH/c1-12-3-4-13(16(17)18)14(11-12)20-8-2-5-15-6-9-19-10-7-15;/h3-4,11H,2,5-10H2,1H3;1H. The molecule has 0 N–H and O–H groups in total. The Bertz CT molecular complexity index is 464. The highest BCUT2D eigenvalue weighted by Crippen LogP contribution is 2.27. The highest BCUT2D eigenvalue weighted by Gasteiger charge is 2.15. The highest BCUT2D eigenvalue weighted by molar-refractivity contribution is 5.85. The van der Waals surface area contributed by atoms with Gasteiger partial charge < -0.3 is 9.47 Å². The summed E-state index contributed by atoms with van der Waals surface area (Å²) in [5.74, 6) is 0.358. The summed E-state index contributed by atoms with van der Waals surface area (Å²) in [6.45, 7) is 6.78. The predicted molar refractivity (Wildman–Crippen MR) is 82.5 cm³/mol. The van der Waals surface area contributed by atoms with Crippen molar-refractivity contribution in [2.24, 2.45) is 0 Å². The molecule has 0 saturated carbocycles. The molecule has 0 aliphatic carbocycles. The first-order valence-corrected chi connectivity index (χ1v) is 6.85. The number of hydrogen-bond donors (Lipinski definition) is 0. The molecule has 0 bridgehead atoms. The second-order valence-electron chi connectivity index (χ2n) is 4.88. The zero-order chi connectivity index (χ0) is 14.4. The van der Waals surface area contributed by atoms with Gasteiger partial charge in [0, 0.05) is 25.7 Å². The van der Waals surface area contributed by atoms with Crippen LogP contribution in [0.4, 0.5) is 5.69 Å². The van der Waals surface area contributed by atoms with Crippen LogP contribution in [0.15, 0.2) is 18.2 Å². The van der Waals surface area contributed by atoms with Crippen LogP contribution in [0.25, 0.3) is 0 Å². The van der Waals surface area contributed by atoms with Crippen LogP contribution in [0.3, 0.4) is 0 Å². The summed E-state index contributed by atoms with van der Waals surface area (Å²) < 4.78 is 10.9. The molecule has 0 radical (unpaired) electrons. The Morgan fingerprint density at radius 3 is 2.76 bits per heavy atom. The molecular formula is C14H21ClN2O4. The van der Waals surface area contributed by atoms with E-state index in [-0.39, 0.29) is 18.1 Å². The topological polar surface area (TPSA) is 64.8 Å². The Hall–Kier alpha value is -1.37. The van der Waals surface area contributed by atoms with Crippen molar-refractivity contribution in [3.63, 3.8) is 0 Å². The summed E-state index contributed by atoms with van der Waals surface area (Å²) in [5, 5.41) is 10.9. The minimum absolute atomic E-state index is 0. The van der Waals surface area contributed by atoms with Gasteiger partial charge in [0.15, 0.2) is 5.75 Å². The van der Waals surface area contributed by atoms with Gasteiger partial charge in [-0.1, -0.05) is 6.07 Å². The molecule has 2 rings (SSSR count). The van der Waals surface area contributed by atoms with Gasteiger partial charge in [-0.05, 0) is 25.0 Å². The lowest BCUT2D eigenvalue weighted by atomic mass is 10.2. The zero-order valence-electron chi connectivity index (χ0n) is 12.1. The minimum atomic E-state index is -0.406. The molecule has 0 spiro atoms. The summed E-state index contributed by atoms with van der Waals surface area (Å²) in [6, 6.07) is 4.93. The number of benzene rings is 1. The molecule has 0 unspecified atom stereocenters. The number of ether oxygens (including phenoxy) is 2. The van der Waals surface area contributed by atoms with Gasteiger partial charge >= 0.3 is 5.69 Å². The third-order valence-electron chi connectivity index (χ3n) is 3.29. The Labute approximate surface area is 130 Å². The monoisotopic (exact) mass is 316 g/mol. The molecule has 7 heteroatoms. The van der Waals surface area contributed by atoms with Crippen molar-refractivity contribution in [1.82, 2.24) is 4.90 Å². The number of morpholine rings is 1. The fourth-order valence-corrected chi connectivity index (χ4v) is 2.18. The molecule has 1 saturated heterocycles. The van der Waals surface area contributed by atoms with Crippen molar-refractivity contribution in [1.29, 1.82) is 0 Å². The molecule has 1 aliphatic heterocycles. The van der Waals surface area contributed by atoms with E-state index in [9.17, 15) is 10.1 Å². The van der Waals surface area contributed by atoms with Crippen LogP contribution in [0.2, 0.25) is 0 Å². The number of nitro groups is 1. The average Bonchev–Trinajstić information content (AvgIpc) is 2.44. The van der Waals surface area contributed by atoms with E-state index >= 15 is 0 Å². The molecule has 1 aromatic rings. The van der Waals surface area contributed by atoms with Crippen molar-refractivity contribution < 1.29 is 14.4 Å². The molecule has 1 heterocycles. The van der Waals surface area contributed by atoms with Crippen molar-refractivity contribution in [3.8, 4) is 5.75 Å². The normalized spacial score (nSPS) is 15.3. The molecule has 118 valence electrons. The van der Waals surface area contributed by atoms with Gasteiger partial charge in [0.25, 0.3) is 0 Å². The van der Waals surface area contributed by atoms with E-state index in [1.807, 2.05) is 6.92 Å². The van der Waals surface area contributed by atoms with Crippen LogP contribution in [-0.4, -0.2) is 49.3 Å². The van der Waals surface area contributed by atoms with E-state index in [0.29, 0.717) is 12.4 Å². The number of rotatable bonds is 6. The van der Waals surface area contributed by atoms with Gasteiger partial charge in [-0.25, -0.2) is 0 Å². The molecule has 21 heavy (non-hydrogen) atoms. The fourth-order valence-electron chi connectivity index (χ4n) is 2.18. The average molecular weight is 317 g/mol. The van der Waals surface area contributed by atoms with Crippen LogP contribution >= 0.6 is 12.4 Å². The summed E-state index contributed by atoms with van der Waals surface area (Å²) in [4.78, 5) is 12.8. The summed E-state index contributed by atoms with van der Waals surface area (Å²) in [7, 11) is 0. The van der Waals surface area contributed by atoms with E-state index < -0.39 is 4.92 Å². The third-order valence-corrected chi connectivity index (χ3v) is 3.29. The summed E-state index contributed by atoms with van der Waals surface area (Å²) in [6.07, 6.45) is 0.852. The molecule has 6 nitrogen and oxygen atoms in total. The summed E-state index contributed by atoms with van der Waals surface area (Å²) >= 11 is 0. The number of nitrogens with zero attached hydrogens (tertiary/aromatic N) is 2. The van der Waals surface area contributed by atoms with Gasteiger partial charge in [0.05, 0.1) is 24.7 Å². The lowest BCUT2D eigenvalue weighted by Gasteiger charge is -2.26. The first-order valence-electron chi connectivity index (χ1n) is 6.85.